The topological polar surface area (TPSA) is 74.8 Å². The molecule has 2 N–H and O–H groups in total. The van der Waals surface area contributed by atoms with E-state index < -0.39 is 0 Å². The maximum Gasteiger partial charge on any atom is 0.258 e. The molecule has 1 atom stereocenters. The number of aromatic amines is 1. The van der Waals surface area contributed by atoms with Gasteiger partial charge in [0.1, 0.15) is 5.82 Å². The lowest BCUT2D eigenvalue weighted by Crippen LogP contribution is -2.27. The summed E-state index contributed by atoms with van der Waals surface area (Å²) in [6.07, 6.45) is 0.650. The van der Waals surface area contributed by atoms with Gasteiger partial charge in [-0.2, -0.15) is 0 Å². The highest BCUT2D eigenvalue weighted by Crippen LogP contribution is 2.18. The van der Waals surface area contributed by atoms with Crippen LogP contribution in [0.25, 0.3) is 10.9 Å². The number of carbonyl (C=O) groups excluding carboxylic acids is 1. The zero-order valence-electron chi connectivity index (χ0n) is 13.8. The molecule has 1 amide bonds. The van der Waals surface area contributed by atoms with E-state index in [-0.39, 0.29) is 23.9 Å². The molecule has 0 saturated carbocycles. The monoisotopic (exact) mass is 399 g/mol. The quantitative estimate of drug-likeness (QED) is 0.689. The van der Waals surface area contributed by atoms with E-state index >= 15 is 0 Å². The van der Waals surface area contributed by atoms with Crippen LogP contribution in [0.2, 0.25) is 0 Å². The summed E-state index contributed by atoms with van der Waals surface area (Å²) in [5, 5.41) is 3.52. The van der Waals surface area contributed by atoms with E-state index in [9.17, 15) is 9.59 Å². The summed E-state index contributed by atoms with van der Waals surface area (Å²) in [6.45, 7) is 1.94. The number of nitrogens with zero attached hydrogens (tertiary/aromatic N) is 1. The summed E-state index contributed by atoms with van der Waals surface area (Å²) < 4.78 is 0.976. The van der Waals surface area contributed by atoms with Crippen molar-refractivity contribution in [3.05, 3.63) is 74.7 Å². The second-order valence-electron chi connectivity index (χ2n) is 5.87. The number of aromatic nitrogens is 2. The summed E-state index contributed by atoms with van der Waals surface area (Å²) in [5.74, 6) is 0.442. The normalized spacial score (nSPS) is 12.1. The molecule has 128 valence electrons. The molecule has 0 aliphatic rings. The van der Waals surface area contributed by atoms with Gasteiger partial charge in [-0.3, -0.25) is 9.59 Å². The fourth-order valence-corrected chi connectivity index (χ4v) is 3.08. The average molecular weight is 400 g/mol. The maximum atomic E-state index is 12.2. The molecular weight excluding hydrogens is 382 g/mol. The predicted octanol–water partition coefficient (Wildman–Crippen LogP) is 3.50. The van der Waals surface area contributed by atoms with Crippen molar-refractivity contribution in [2.45, 2.75) is 25.8 Å². The Labute approximate surface area is 153 Å². The van der Waals surface area contributed by atoms with Gasteiger partial charge in [0.25, 0.3) is 5.56 Å². The molecule has 3 aromatic rings. The van der Waals surface area contributed by atoms with Crippen LogP contribution >= 0.6 is 15.9 Å². The SMILES string of the molecule is CC(NC(=O)CCc1nc2ccccc2c(=O)[nH]1)c1cccc(Br)c1. The van der Waals surface area contributed by atoms with Gasteiger partial charge in [-0.25, -0.2) is 4.98 Å². The molecule has 3 rings (SSSR count). The molecule has 0 aliphatic carbocycles. The predicted molar refractivity (Wildman–Crippen MR) is 101 cm³/mol. The fourth-order valence-electron chi connectivity index (χ4n) is 2.66. The highest BCUT2D eigenvalue weighted by Gasteiger charge is 2.11. The van der Waals surface area contributed by atoms with Crippen LogP contribution in [0.3, 0.4) is 0 Å². The van der Waals surface area contributed by atoms with Crippen LogP contribution in [-0.2, 0) is 11.2 Å². The molecule has 25 heavy (non-hydrogen) atoms. The third-order valence-electron chi connectivity index (χ3n) is 3.98. The smallest absolute Gasteiger partial charge is 0.258 e. The zero-order valence-corrected chi connectivity index (χ0v) is 15.3. The van der Waals surface area contributed by atoms with Gasteiger partial charge >= 0.3 is 0 Å². The van der Waals surface area contributed by atoms with Crippen LogP contribution in [0.5, 0.6) is 0 Å². The number of fused-ring (bicyclic) bond motifs is 1. The first-order valence-electron chi connectivity index (χ1n) is 8.05. The van der Waals surface area contributed by atoms with Crippen LogP contribution in [0, 0.1) is 0 Å². The molecule has 5 nitrogen and oxygen atoms in total. The maximum absolute atomic E-state index is 12.2. The van der Waals surface area contributed by atoms with Crippen molar-refractivity contribution in [1.82, 2.24) is 15.3 Å². The first kappa shape index (κ1) is 17.4. The van der Waals surface area contributed by atoms with Gasteiger partial charge in [0.2, 0.25) is 5.91 Å². The van der Waals surface area contributed by atoms with E-state index in [2.05, 4.69) is 31.2 Å². The van der Waals surface area contributed by atoms with Crippen LogP contribution in [-0.4, -0.2) is 15.9 Å². The largest absolute Gasteiger partial charge is 0.350 e. The summed E-state index contributed by atoms with van der Waals surface area (Å²) in [5.41, 5.74) is 1.49. The Hall–Kier alpha value is -2.47. The van der Waals surface area contributed by atoms with Crippen molar-refractivity contribution in [2.75, 3.05) is 0 Å². The molecule has 0 spiro atoms. The van der Waals surface area contributed by atoms with E-state index in [1.54, 1.807) is 18.2 Å². The lowest BCUT2D eigenvalue weighted by atomic mass is 10.1. The van der Waals surface area contributed by atoms with Crippen LogP contribution in [0.15, 0.2) is 57.8 Å². The van der Waals surface area contributed by atoms with Crippen LogP contribution < -0.4 is 10.9 Å². The first-order chi connectivity index (χ1) is 12.0. The Balaban J connectivity index is 1.63. The van der Waals surface area contributed by atoms with Gasteiger partial charge in [-0.05, 0) is 36.8 Å². The first-order valence-corrected chi connectivity index (χ1v) is 8.85. The van der Waals surface area contributed by atoms with Gasteiger partial charge in [-0.15, -0.1) is 0 Å². The molecule has 2 aromatic carbocycles. The van der Waals surface area contributed by atoms with Crippen molar-refractivity contribution < 1.29 is 4.79 Å². The number of para-hydroxylation sites is 1. The van der Waals surface area contributed by atoms with Gasteiger partial charge in [0.15, 0.2) is 0 Å². The van der Waals surface area contributed by atoms with Crippen molar-refractivity contribution in [1.29, 1.82) is 0 Å². The second kappa shape index (κ2) is 7.61. The standard InChI is InChI=1S/C19H18BrN3O2/c1-12(13-5-4-6-14(20)11-13)21-18(24)10-9-17-22-16-8-3-2-7-15(16)19(25)23-17/h2-8,11-12H,9-10H2,1H3,(H,21,24)(H,22,23,25). The number of nitrogens with one attached hydrogen (secondary N) is 2. The van der Waals surface area contributed by atoms with Gasteiger partial charge in [0.05, 0.1) is 16.9 Å². The number of benzene rings is 2. The van der Waals surface area contributed by atoms with Crippen molar-refractivity contribution in [3.8, 4) is 0 Å². The van der Waals surface area contributed by atoms with Crippen LogP contribution in [0.1, 0.15) is 30.8 Å². The summed E-state index contributed by atoms with van der Waals surface area (Å²) >= 11 is 3.43. The Kier molecular flexibility index (Phi) is 5.28. The lowest BCUT2D eigenvalue weighted by Gasteiger charge is -2.14. The number of hydrogen-bond acceptors (Lipinski definition) is 3. The van der Waals surface area contributed by atoms with Gasteiger partial charge in [-0.1, -0.05) is 40.2 Å². The number of rotatable bonds is 5. The molecule has 1 aromatic heterocycles. The minimum atomic E-state index is -0.177. The second-order valence-corrected chi connectivity index (χ2v) is 6.79. The van der Waals surface area contributed by atoms with E-state index in [0.717, 1.165) is 10.0 Å². The molecule has 0 radical (unpaired) electrons. The third-order valence-corrected chi connectivity index (χ3v) is 4.47. The molecule has 1 heterocycles. The number of carbonyl (C=O) groups is 1. The van der Waals surface area contributed by atoms with Crippen molar-refractivity contribution in [2.24, 2.45) is 0 Å². The van der Waals surface area contributed by atoms with Crippen molar-refractivity contribution >= 4 is 32.7 Å². The van der Waals surface area contributed by atoms with Gasteiger partial charge in [0, 0.05) is 17.3 Å². The fraction of sp³-hybridized carbons (Fsp3) is 0.211. The number of aryl methyl sites for hydroxylation is 1. The Bertz CT molecular complexity index is 968. The molecule has 6 heteroatoms. The Morgan fingerprint density at radius 2 is 2.04 bits per heavy atom. The molecule has 0 bridgehead atoms. The Morgan fingerprint density at radius 3 is 2.84 bits per heavy atom. The average Bonchev–Trinajstić information content (AvgIpc) is 2.60. The summed E-state index contributed by atoms with van der Waals surface area (Å²) in [4.78, 5) is 31.4. The van der Waals surface area contributed by atoms with Gasteiger partial charge < -0.3 is 10.3 Å². The molecule has 0 saturated heterocycles. The van der Waals surface area contributed by atoms with E-state index in [0.29, 0.717) is 23.1 Å². The van der Waals surface area contributed by atoms with Crippen molar-refractivity contribution in [3.63, 3.8) is 0 Å². The van der Waals surface area contributed by atoms with E-state index in [1.807, 2.05) is 37.3 Å². The van der Waals surface area contributed by atoms with E-state index in [4.69, 9.17) is 0 Å². The minimum Gasteiger partial charge on any atom is -0.350 e. The number of amides is 1. The molecule has 1 unspecified atom stereocenters. The zero-order chi connectivity index (χ0) is 17.8. The minimum absolute atomic E-state index is 0.0803. The summed E-state index contributed by atoms with van der Waals surface area (Å²) in [6, 6.07) is 14.9. The number of H-pyrrole nitrogens is 1. The number of hydrogen-bond donors (Lipinski definition) is 2. The Morgan fingerprint density at radius 1 is 1.24 bits per heavy atom. The highest BCUT2D eigenvalue weighted by atomic mass is 79.9. The lowest BCUT2D eigenvalue weighted by molar-refractivity contribution is -0.121. The number of halogens is 1. The highest BCUT2D eigenvalue weighted by molar-refractivity contribution is 9.10. The molecule has 0 fully saturated rings. The molecule has 0 aliphatic heterocycles. The van der Waals surface area contributed by atoms with Crippen LogP contribution in [0.4, 0.5) is 0 Å². The van der Waals surface area contributed by atoms with E-state index in [1.165, 1.54) is 0 Å². The third kappa shape index (κ3) is 4.33. The summed E-state index contributed by atoms with van der Waals surface area (Å²) in [7, 11) is 0. The molecular formula is C19H18BrN3O2.